The van der Waals surface area contributed by atoms with Crippen molar-refractivity contribution in [3.63, 3.8) is 0 Å². The summed E-state index contributed by atoms with van der Waals surface area (Å²) in [6.07, 6.45) is 3.56. The van der Waals surface area contributed by atoms with E-state index < -0.39 is 0 Å². The number of nitrogens with zero attached hydrogens (tertiary/aromatic N) is 1. The van der Waals surface area contributed by atoms with Gasteiger partial charge in [-0.1, -0.05) is 18.2 Å². The first-order valence-corrected chi connectivity index (χ1v) is 7.79. The van der Waals surface area contributed by atoms with Crippen molar-refractivity contribution in [1.29, 1.82) is 0 Å². The molecule has 0 atom stereocenters. The first-order chi connectivity index (χ1) is 10.1. The number of benzene rings is 1. The average molecular weight is 290 g/mol. The first-order valence-electron chi connectivity index (χ1n) is 7.79. The standard InChI is InChI=1S/C17H26N2O2/c1-14-5-3-4-6-16(14)21-13-17(20)18-10-7-15-8-11-19(2)12-9-15/h3-6,15H,7-13H2,1-2H3,(H,18,20). The minimum Gasteiger partial charge on any atom is -0.484 e. The van der Waals surface area contributed by atoms with Gasteiger partial charge >= 0.3 is 0 Å². The van der Waals surface area contributed by atoms with E-state index in [1.807, 2.05) is 31.2 Å². The van der Waals surface area contributed by atoms with Gasteiger partial charge in [0.2, 0.25) is 0 Å². The summed E-state index contributed by atoms with van der Waals surface area (Å²) in [5.41, 5.74) is 1.05. The lowest BCUT2D eigenvalue weighted by Crippen LogP contribution is -2.34. The summed E-state index contributed by atoms with van der Waals surface area (Å²) >= 11 is 0. The van der Waals surface area contributed by atoms with Crippen molar-refractivity contribution in [3.05, 3.63) is 29.8 Å². The number of piperidine rings is 1. The molecule has 0 aliphatic carbocycles. The average Bonchev–Trinajstić information content (AvgIpc) is 2.48. The lowest BCUT2D eigenvalue weighted by molar-refractivity contribution is -0.123. The number of rotatable bonds is 6. The number of amides is 1. The van der Waals surface area contributed by atoms with Gasteiger partial charge in [-0.25, -0.2) is 0 Å². The van der Waals surface area contributed by atoms with E-state index in [2.05, 4.69) is 17.3 Å². The Hall–Kier alpha value is -1.55. The van der Waals surface area contributed by atoms with Crippen molar-refractivity contribution in [2.24, 2.45) is 5.92 Å². The first kappa shape index (κ1) is 15.8. The van der Waals surface area contributed by atoms with Crippen LogP contribution in [0.3, 0.4) is 0 Å². The zero-order valence-corrected chi connectivity index (χ0v) is 13.1. The molecule has 1 aliphatic heterocycles. The molecule has 1 heterocycles. The number of likely N-dealkylation sites (tertiary alicyclic amines) is 1. The van der Waals surface area contributed by atoms with Crippen molar-refractivity contribution in [3.8, 4) is 5.75 Å². The van der Waals surface area contributed by atoms with E-state index in [1.54, 1.807) is 0 Å². The van der Waals surface area contributed by atoms with Gasteiger partial charge in [-0.2, -0.15) is 0 Å². The number of ether oxygens (including phenoxy) is 1. The highest BCUT2D eigenvalue weighted by atomic mass is 16.5. The Kier molecular flexibility index (Phi) is 6.05. The molecule has 4 heteroatoms. The van der Waals surface area contributed by atoms with Gasteiger partial charge in [0.25, 0.3) is 5.91 Å². The minimum atomic E-state index is -0.0359. The summed E-state index contributed by atoms with van der Waals surface area (Å²) < 4.78 is 5.54. The molecule has 0 aromatic heterocycles. The molecule has 0 radical (unpaired) electrons. The molecule has 1 fully saturated rings. The molecule has 116 valence electrons. The van der Waals surface area contributed by atoms with E-state index in [1.165, 1.54) is 25.9 Å². The van der Waals surface area contributed by atoms with E-state index in [-0.39, 0.29) is 12.5 Å². The summed E-state index contributed by atoms with van der Waals surface area (Å²) in [5, 5.41) is 2.95. The fourth-order valence-corrected chi connectivity index (χ4v) is 2.68. The molecular formula is C17H26N2O2. The number of carbonyl (C=O) groups is 1. The Morgan fingerprint density at radius 1 is 1.33 bits per heavy atom. The smallest absolute Gasteiger partial charge is 0.257 e. The zero-order chi connectivity index (χ0) is 15.1. The molecule has 1 aromatic carbocycles. The number of para-hydroxylation sites is 1. The second-order valence-corrected chi connectivity index (χ2v) is 5.94. The van der Waals surface area contributed by atoms with Gasteiger partial charge in [0.15, 0.2) is 6.61 Å². The van der Waals surface area contributed by atoms with Gasteiger partial charge in [-0.15, -0.1) is 0 Å². The van der Waals surface area contributed by atoms with Crippen LogP contribution >= 0.6 is 0 Å². The van der Waals surface area contributed by atoms with Crippen LogP contribution in [0.4, 0.5) is 0 Å². The molecule has 1 aliphatic rings. The van der Waals surface area contributed by atoms with Gasteiger partial charge in [-0.3, -0.25) is 4.79 Å². The van der Waals surface area contributed by atoms with Gasteiger partial charge < -0.3 is 15.0 Å². The fraction of sp³-hybridized carbons (Fsp3) is 0.588. The molecule has 1 aromatic rings. The highest BCUT2D eigenvalue weighted by molar-refractivity contribution is 5.77. The summed E-state index contributed by atoms with van der Waals surface area (Å²) in [7, 11) is 2.17. The van der Waals surface area contributed by atoms with Crippen LogP contribution in [-0.2, 0) is 4.79 Å². The fourth-order valence-electron chi connectivity index (χ4n) is 2.68. The Bertz CT molecular complexity index is 454. The van der Waals surface area contributed by atoms with Crippen molar-refractivity contribution < 1.29 is 9.53 Å². The summed E-state index contributed by atoms with van der Waals surface area (Å²) in [6.45, 7) is 5.18. The lowest BCUT2D eigenvalue weighted by atomic mass is 9.94. The van der Waals surface area contributed by atoms with Gasteiger partial charge in [0.1, 0.15) is 5.75 Å². The molecular weight excluding hydrogens is 264 g/mol. The molecule has 0 unspecified atom stereocenters. The predicted octanol–water partition coefficient (Wildman–Crippen LogP) is 2.22. The van der Waals surface area contributed by atoms with Crippen LogP contribution in [0.2, 0.25) is 0 Å². The summed E-state index contributed by atoms with van der Waals surface area (Å²) in [6, 6.07) is 7.75. The van der Waals surface area contributed by atoms with Crippen LogP contribution in [0.25, 0.3) is 0 Å². The Morgan fingerprint density at radius 3 is 2.76 bits per heavy atom. The van der Waals surface area contributed by atoms with Crippen molar-refractivity contribution in [2.45, 2.75) is 26.2 Å². The number of aryl methyl sites for hydroxylation is 1. The van der Waals surface area contributed by atoms with Crippen LogP contribution in [0, 0.1) is 12.8 Å². The highest BCUT2D eigenvalue weighted by Gasteiger charge is 2.16. The monoisotopic (exact) mass is 290 g/mol. The molecule has 1 amide bonds. The van der Waals surface area contributed by atoms with E-state index in [9.17, 15) is 4.79 Å². The Labute approximate surface area is 127 Å². The molecule has 4 nitrogen and oxygen atoms in total. The maximum Gasteiger partial charge on any atom is 0.257 e. The third kappa shape index (κ3) is 5.38. The van der Waals surface area contributed by atoms with E-state index in [4.69, 9.17) is 4.74 Å². The topological polar surface area (TPSA) is 41.6 Å². The summed E-state index contributed by atoms with van der Waals surface area (Å²) in [5.74, 6) is 1.49. The molecule has 1 N–H and O–H groups in total. The molecule has 21 heavy (non-hydrogen) atoms. The highest BCUT2D eigenvalue weighted by Crippen LogP contribution is 2.18. The molecule has 2 rings (SSSR count). The van der Waals surface area contributed by atoms with Gasteiger partial charge in [0.05, 0.1) is 0 Å². The van der Waals surface area contributed by atoms with Crippen LogP contribution in [0.15, 0.2) is 24.3 Å². The molecule has 1 saturated heterocycles. The maximum absolute atomic E-state index is 11.8. The normalized spacial score (nSPS) is 16.7. The Balaban J connectivity index is 1.61. The zero-order valence-electron chi connectivity index (χ0n) is 13.1. The number of nitrogens with one attached hydrogen (secondary N) is 1. The van der Waals surface area contributed by atoms with Crippen molar-refractivity contribution in [1.82, 2.24) is 10.2 Å². The maximum atomic E-state index is 11.8. The van der Waals surface area contributed by atoms with Crippen LogP contribution in [0.5, 0.6) is 5.75 Å². The second kappa shape index (κ2) is 8.03. The van der Waals surface area contributed by atoms with Crippen LogP contribution < -0.4 is 10.1 Å². The molecule has 0 saturated carbocycles. The number of carbonyl (C=O) groups excluding carboxylic acids is 1. The number of hydrogen-bond acceptors (Lipinski definition) is 3. The SMILES string of the molecule is Cc1ccccc1OCC(=O)NCCC1CCN(C)CC1. The molecule has 0 bridgehead atoms. The van der Waals surface area contributed by atoms with E-state index in [0.717, 1.165) is 30.2 Å². The van der Waals surface area contributed by atoms with Crippen molar-refractivity contribution in [2.75, 3.05) is 33.3 Å². The van der Waals surface area contributed by atoms with Crippen molar-refractivity contribution >= 4 is 5.91 Å². The van der Waals surface area contributed by atoms with E-state index in [0.29, 0.717) is 0 Å². The summed E-state index contributed by atoms with van der Waals surface area (Å²) in [4.78, 5) is 14.1. The minimum absolute atomic E-state index is 0.0359. The lowest BCUT2D eigenvalue weighted by Gasteiger charge is -2.28. The largest absolute Gasteiger partial charge is 0.484 e. The third-order valence-electron chi connectivity index (χ3n) is 4.17. The van der Waals surface area contributed by atoms with Gasteiger partial charge in [0, 0.05) is 6.54 Å². The number of hydrogen-bond donors (Lipinski definition) is 1. The van der Waals surface area contributed by atoms with E-state index >= 15 is 0 Å². The Morgan fingerprint density at radius 2 is 2.05 bits per heavy atom. The molecule has 0 spiro atoms. The van der Waals surface area contributed by atoms with Crippen LogP contribution in [-0.4, -0.2) is 44.1 Å². The van der Waals surface area contributed by atoms with Crippen LogP contribution in [0.1, 0.15) is 24.8 Å². The second-order valence-electron chi connectivity index (χ2n) is 5.94. The quantitative estimate of drug-likeness (QED) is 0.873. The predicted molar refractivity (Wildman–Crippen MR) is 84.5 cm³/mol. The van der Waals surface area contributed by atoms with Gasteiger partial charge in [-0.05, 0) is 63.9 Å². The third-order valence-corrected chi connectivity index (χ3v) is 4.17.